The topological polar surface area (TPSA) is 61.0 Å². The van der Waals surface area contributed by atoms with E-state index in [0.29, 0.717) is 17.6 Å². The summed E-state index contributed by atoms with van der Waals surface area (Å²) < 4.78 is 10.5. The van der Waals surface area contributed by atoms with Crippen LogP contribution in [0.3, 0.4) is 0 Å². The molecule has 2 N–H and O–H groups in total. The maximum atomic E-state index is 5.47. The van der Waals surface area contributed by atoms with Gasteiger partial charge in [-0.2, -0.15) is 4.37 Å². The van der Waals surface area contributed by atoms with Gasteiger partial charge in [0.1, 0.15) is 12.4 Å². The van der Waals surface area contributed by atoms with Crippen molar-refractivity contribution in [2.45, 2.75) is 6.61 Å². The summed E-state index contributed by atoms with van der Waals surface area (Å²) in [5, 5.41) is 0.462. The highest BCUT2D eigenvalue weighted by molar-refractivity contribution is 9.10. The molecule has 0 bridgehead atoms. The maximum Gasteiger partial charge on any atom is 0.200 e. The second-order valence-corrected chi connectivity index (χ2v) is 4.49. The van der Waals surface area contributed by atoms with Crippen molar-refractivity contribution < 1.29 is 4.74 Å². The summed E-state index contributed by atoms with van der Waals surface area (Å²) >= 11 is 4.52. The van der Waals surface area contributed by atoms with E-state index in [0.717, 1.165) is 10.2 Å². The molecule has 0 amide bonds. The molecular weight excluding hydrogens is 278 g/mol. The molecule has 0 saturated heterocycles. The summed E-state index contributed by atoms with van der Waals surface area (Å²) in [4.78, 5) is 3.99. The number of aromatic nitrogens is 2. The van der Waals surface area contributed by atoms with Crippen molar-refractivity contribution in [2.24, 2.45) is 0 Å². The molecule has 0 spiro atoms. The molecule has 0 saturated carbocycles. The Morgan fingerprint density at radius 1 is 1.33 bits per heavy atom. The fraction of sp³-hybridized carbons (Fsp3) is 0.111. The highest BCUT2D eigenvalue weighted by Gasteiger charge is 2.01. The van der Waals surface area contributed by atoms with E-state index in [-0.39, 0.29) is 0 Å². The number of hydrogen-bond donors (Lipinski definition) is 1. The SMILES string of the molecule is Nc1nc(COc2ccc(Br)cc2)ns1. The molecule has 6 heteroatoms. The van der Waals surface area contributed by atoms with Crippen molar-refractivity contribution in [1.29, 1.82) is 0 Å². The van der Waals surface area contributed by atoms with Gasteiger partial charge >= 0.3 is 0 Å². The lowest BCUT2D eigenvalue weighted by molar-refractivity contribution is 0.297. The van der Waals surface area contributed by atoms with Crippen LogP contribution >= 0.6 is 27.5 Å². The number of nitrogens with zero attached hydrogens (tertiary/aromatic N) is 2. The van der Waals surface area contributed by atoms with Crippen LogP contribution < -0.4 is 10.5 Å². The number of benzene rings is 1. The molecule has 1 aromatic heterocycles. The fourth-order valence-electron chi connectivity index (χ4n) is 1.00. The zero-order valence-electron chi connectivity index (χ0n) is 7.68. The Bertz CT molecular complexity index is 443. The smallest absolute Gasteiger partial charge is 0.200 e. The van der Waals surface area contributed by atoms with Crippen molar-refractivity contribution in [2.75, 3.05) is 5.73 Å². The van der Waals surface area contributed by atoms with Crippen LogP contribution in [0.25, 0.3) is 0 Å². The van der Waals surface area contributed by atoms with Gasteiger partial charge in [-0.25, -0.2) is 4.98 Å². The van der Waals surface area contributed by atoms with Gasteiger partial charge in [-0.3, -0.25) is 0 Å². The van der Waals surface area contributed by atoms with Gasteiger partial charge in [-0.1, -0.05) is 15.9 Å². The van der Waals surface area contributed by atoms with Crippen molar-refractivity contribution in [1.82, 2.24) is 9.36 Å². The predicted molar refractivity (Wildman–Crippen MR) is 62.8 cm³/mol. The standard InChI is InChI=1S/C9H8BrN3OS/c10-6-1-3-7(4-2-6)14-5-8-12-9(11)15-13-8/h1-4H,5H2,(H2,11,12,13). The number of hydrogen-bond acceptors (Lipinski definition) is 5. The zero-order valence-corrected chi connectivity index (χ0v) is 10.1. The van der Waals surface area contributed by atoms with Crippen LogP contribution in [0.5, 0.6) is 5.75 Å². The van der Waals surface area contributed by atoms with Crippen LogP contribution in [0.2, 0.25) is 0 Å². The average molecular weight is 286 g/mol. The van der Waals surface area contributed by atoms with Crippen LogP contribution in [0.4, 0.5) is 5.13 Å². The third-order valence-electron chi connectivity index (χ3n) is 1.67. The van der Waals surface area contributed by atoms with E-state index in [9.17, 15) is 0 Å². The first kappa shape index (κ1) is 10.4. The van der Waals surface area contributed by atoms with Crippen LogP contribution in [-0.4, -0.2) is 9.36 Å². The van der Waals surface area contributed by atoms with Gasteiger partial charge in [-0.05, 0) is 24.3 Å². The Hall–Kier alpha value is -1.14. The molecule has 1 aromatic carbocycles. The van der Waals surface area contributed by atoms with E-state index in [4.69, 9.17) is 10.5 Å². The molecular formula is C9H8BrN3OS. The van der Waals surface area contributed by atoms with E-state index >= 15 is 0 Å². The minimum Gasteiger partial charge on any atom is -0.486 e. The third-order valence-corrected chi connectivity index (χ3v) is 2.77. The van der Waals surface area contributed by atoms with Gasteiger partial charge in [0.15, 0.2) is 11.0 Å². The van der Waals surface area contributed by atoms with Crippen molar-refractivity contribution in [3.8, 4) is 5.75 Å². The maximum absolute atomic E-state index is 5.47. The molecule has 0 unspecified atom stereocenters. The Morgan fingerprint density at radius 2 is 2.07 bits per heavy atom. The number of halogens is 1. The van der Waals surface area contributed by atoms with E-state index in [1.165, 1.54) is 11.5 Å². The molecule has 0 aliphatic rings. The Labute approximate surface area is 99.4 Å². The average Bonchev–Trinajstić information content (AvgIpc) is 2.64. The zero-order chi connectivity index (χ0) is 10.7. The first-order valence-electron chi connectivity index (χ1n) is 4.20. The lowest BCUT2D eigenvalue weighted by Gasteiger charge is -2.02. The van der Waals surface area contributed by atoms with E-state index < -0.39 is 0 Å². The Balaban J connectivity index is 1.96. The van der Waals surface area contributed by atoms with Gasteiger partial charge in [0.2, 0.25) is 0 Å². The number of rotatable bonds is 3. The predicted octanol–water partition coefficient (Wildman–Crippen LogP) is 2.46. The van der Waals surface area contributed by atoms with Crippen LogP contribution in [0.15, 0.2) is 28.7 Å². The lowest BCUT2D eigenvalue weighted by atomic mass is 10.3. The first-order chi connectivity index (χ1) is 7.24. The Kier molecular flexibility index (Phi) is 3.17. The summed E-state index contributed by atoms with van der Waals surface area (Å²) in [6, 6.07) is 7.58. The number of ether oxygens (including phenoxy) is 1. The number of anilines is 1. The highest BCUT2D eigenvalue weighted by Crippen LogP contribution is 2.17. The first-order valence-corrected chi connectivity index (χ1v) is 5.77. The molecule has 0 aliphatic heterocycles. The molecule has 4 nitrogen and oxygen atoms in total. The van der Waals surface area contributed by atoms with Gasteiger partial charge in [0.25, 0.3) is 0 Å². The van der Waals surface area contributed by atoms with Crippen LogP contribution in [0.1, 0.15) is 5.82 Å². The van der Waals surface area contributed by atoms with Gasteiger partial charge in [0, 0.05) is 16.0 Å². The summed E-state index contributed by atoms with van der Waals surface area (Å²) in [7, 11) is 0. The lowest BCUT2D eigenvalue weighted by Crippen LogP contribution is -1.97. The summed E-state index contributed by atoms with van der Waals surface area (Å²) in [6.07, 6.45) is 0. The number of nitrogens with two attached hydrogens (primary N) is 1. The highest BCUT2D eigenvalue weighted by atomic mass is 79.9. The van der Waals surface area contributed by atoms with E-state index in [1.54, 1.807) is 0 Å². The van der Waals surface area contributed by atoms with Crippen LogP contribution in [-0.2, 0) is 6.61 Å². The molecule has 2 aromatic rings. The molecule has 0 atom stereocenters. The Morgan fingerprint density at radius 3 is 2.67 bits per heavy atom. The molecule has 0 fully saturated rings. The van der Waals surface area contributed by atoms with E-state index in [2.05, 4.69) is 25.3 Å². The van der Waals surface area contributed by atoms with E-state index in [1.807, 2.05) is 24.3 Å². The van der Waals surface area contributed by atoms with Crippen molar-refractivity contribution in [3.63, 3.8) is 0 Å². The largest absolute Gasteiger partial charge is 0.486 e. The quantitative estimate of drug-likeness (QED) is 0.941. The monoisotopic (exact) mass is 285 g/mol. The van der Waals surface area contributed by atoms with Crippen molar-refractivity contribution in [3.05, 3.63) is 34.6 Å². The third kappa shape index (κ3) is 2.90. The minimum absolute atomic E-state index is 0.343. The molecule has 15 heavy (non-hydrogen) atoms. The van der Waals surface area contributed by atoms with Crippen molar-refractivity contribution >= 4 is 32.6 Å². The van der Waals surface area contributed by atoms with Gasteiger partial charge in [0.05, 0.1) is 0 Å². The second kappa shape index (κ2) is 4.59. The molecule has 0 radical (unpaired) electrons. The molecule has 0 aliphatic carbocycles. The van der Waals surface area contributed by atoms with Crippen LogP contribution in [0, 0.1) is 0 Å². The molecule has 1 heterocycles. The normalized spacial score (nSPS) is 10.2. The fourth-order valence-corrected chi connectivity index (χ4v) is 1.71. The summed E-state index contributed by atoms with van der Waals surface area (Å²) in [5.41, 5.74) is 5.45. The minimum atomic E-state index is 0.343. The molecule has 78 valence electrons. The number of nitrogen functional groups attached to an aromatic ring is 1. The summed E-state index contributed by atoms with van der Waals surface area (Å²) in [6.45, 7) is 0.343. The molecule has 2 rings (SSSR count). The van der Waals surface area contributed by atoms with Gasteiger partial charge in [-0.15, -0.1) is 0 Å². The second-order valence-electron chi connectivity index (χ2n) is 2.79. The van der Waals surface area contributed by atoms with Gasteiger partial charge < -0.3 is 10.5 Å². The summed E-state index contributed by atoms with van der Waals surface area (Å²) in [5.74, 6) is 1.40.